The molecule has 5 N–H and O–H groups in total. The molecule has 0 saturated carbocycles. The molecular formula is C13H11NO6. The smallest absolute Gasteiger partial charge is 0.345 e. The molecule has 0 spiro atoms. The number of aliphatic hydroxyl groups is 2. The zero-order chi connectivity index (χ0) is 15.3. The third kappa shape index (κ3) is 3.45. The van der Waals surface area contributed by atoms with Crippen molar-refractivity contribution in [1.82, 2.24) is 0 Å². The highest BCUT2D eigenvalue weighted by atomic mass is 16.4. The van der Waals surface area contributed by atoms with Gasteiger partial charge in [-0.2, -0.15) is 0 Å². The number of rotatable bonds is 5. The number of nitrogens with two attached hydrogens (primary N) is 1. The van der Waals surface area contributed by atoms with Crippen molar-refractivity contribution in [2.24, 2.45) is 5.73 Å². The Bertz CT molecular complexity index is 599. The Balaban J connectivity index is 3.16. The van der Waals surface area contributed by atoms with E-state index >= 15 is 0 Å². The molecule has 0 bridgehead atoms. The highest BCUT2D eigenvalue weighted by Gasteiger charge is 2.24. The Morgan fingerprint density at radius 1 is 1.00 bits per heavy atom. The molecule has 0 aliphatic rings. The zero-order valence-corrected chi connectivity index (χ0v) is 10.1. The van der Waals surface area contributed by atoms with Gasteiger partial charge in [0.15, 0.2) is 11.3 Å². The fourth-order valence-electron chi connectivity index (χ4n) is 1.33. The number of aliphatic hydroxyl groups excluding tert-OH is 2. The van der Waals surface area contributed by atoms with Crippen LogP contribution in [0.15, 0.2) is 47.7 Å². The molecule has 0 saturated heterocycles. The normalized spacial score (nSPS) is 12.5. The molecule has 1 aromatic carbocycles. The van der Waals surface area contributed by atoms with Crippen LogP contribution in [0.25, 0.3) is 5.76 Å². The van der Waals surface area contributed by atoms with E-state index in [1.807, 2.05) is 0 Å². The van der Waals surface area contributed by atoms with Crippen molar-refractivity contribution in [2.45, 2.75) is 0 Å². The number of hydrogen-bond donors (Lipinski definition) is 4. The summed E-state index contributed by atoms with van der Waals surface area (Å²) in [5.41, 5.74) is 3.78. The number of amides is 1. The number of hydrogen-bond acceptors (Lipinski definition) is 5. The van der Waals surface area contributed by atoms with E-state index < -0.39 is 34.8 Å². The highest BCUT2D eigenvalue weighted by molar-refractivity contribution is 6.21. The van der Waals surface area contributed by atoms with E-state index in [1.54, 1.807) is 18.2 Å². The van der Waals surface area contributed by atoms with Gasteiger partial charge < -0.3 is 21.1 Å². The molecule has 1 aromatic rings. The summed E-state index contributed by atoms with van der Waals surface area (Å²) in [6.45, 7) is 0. The minimum Gasteiger partial charge on any atom is -0.507 e. The van der Waals surface area contributed by atoms with Crippen LogP contribution in [0.1, 0.15) is 5.56 Å². The second-order valence-electron chi connectivity index (χ2n) is 3.65. The third-order valence-corrected chi connectivity index (χ3v) is 2.27. The van der Waals surface area contributed by atoms with E-state index in [-0.39, 0.29) is 5.56 Å². The molecule has 0 unspecified atom stereocenters. The van der Waals surface area contributed by atoms with Crippen molar-refractivity contribution in [3.8, 4) is 0 Å². The van der Waals surface area contributed by atoms with Crippen LogP contribution < -0.4 is 5.73 Å². The number of allylic oxidation sites excluding steroid dienone is 1. The van der Waals surface area contributed by atoms with Crippen molar-refractivity contribution >= 4 is 23.4 Å². The summed E-state index contributed by atoms with van der Waals surface area (Å²) < 4.78 is 0. The largest absolute Gasteiger partial charge is 0.507 e. The lowest BCUT2D eigenvalue weighted by molar-refractivity contribution is -0.135. The predicted octanol–water partition coefficient (Wildman–Crippen LogP) is 0.537. The predicted molar refractivity (Wildman–Crippen MR) is 68.5 cm³/mol. The average Bonchev–Trinajstić information content (AvgIpc) is 2.38. The van der Waals surface area contributed by atoms with Crippen LogP contribution in [0.4, 0.5) is 0 Å². The molecule has 0 radical (unpaired) electrons. The number of benzene rings is 1. The molecule has 0 atom stereocenters. The van der Waals surface area contributed by atoms with E-state index in [2.05, 4.69) is 0 Å². The molecular weight excluding hydrogens is 266 g/mol. The van der Waals surface area contributed by atoms with Crippen molar-refractivity contribution < 1.29 is 29.7 Å². The van der Waals surface area contributed by atoms with Gasteiger partial charge in [0.1, 0.15) is 5.76 Å². The van der Waals surface area contributed by atoms with Crippen molar-refractivity contribution in [1.29, 1.82) is 0 Å². The number of ketones is 1. The summed E-state index contributed by atoms with van der Waals surface area (Å²) >= 11 is 0. The summed E-state index contributed by atoms with van der Waals surface area (Å²) in [6.07, 6.45) is 0.594. The second kappa shape index (κ2) is 6.19. The first-order valence-corrected chi connectivity index (χ1v) is 5.31. The van der Waals surface area contributed by atoms with Gasteiger partial charge in [-0.1, -0.05) is 30.3 Å². The number of aliphatic carboxylic acids is 1. The molecule has 104 valence electrons. The fraction of sp³-hybridized carbons (Fsp3) is 0. The van der Waals surface area contributed by atoms with Gasteiger partial charge in [-0.25, -0.2) is 4.79 Å². The third-order valence-electron chi connectivity index (χ3n) is 2.27. The van der Waals surface area contributed by atoms with Crippen LogP contribution in [0.2, 0.25) is 0 Å². The van der Waals surface area contributed by atoms with Gasteiger partial charge in [-0.05, 0) is 0 Å². The van der Waals surface area contributed by atoms with Gasteiger partial charge in [-0.3, -0.25) is 9.59 Å². The zero-order valence-electron chi connectivity index (χ0n) is 10.1. The van der Waals surface area contributed by atoms with Crippen molar-refractivity contribution in [2.75, 3.05) is 0 Å². The van der Waals surface area contributed by atoms with E-state index in [1.165, 1.54) is 12.1 Å². The monoisotopic (exact) mass is 277 g/mol. The lowest BCUT2D eigenvalue weighted by atomic mass is 10.1. The van der Waals surface area contributed by atoms with E-state index in [0.29, 0.717) is 6.08 Å². The topological polar surface area (TPSA) is 138 Å². The first-order valence-electron chi connectivity index (χ1n) is 5.31. The first kappa shape index (κ1) is 15.0. The van der Waals surface area contributed by atoms with E-state index in [9.17, 15) is 24.6 Å². The first-order chi connectivity index (χ1) is 9.34. The molecule has 0 fully saturated rings. The minimum atomic E-state index is -1.84. The van der Waals surface area contributed by atoms with Crippen LogP contribution in [0.3, 0.4) is 0 Å². The SMILES string of the molecule is NC(=O)C(C(=O)O)=C(O)C(=O)/C=C(\O)c1ccccc1. The van der Waals surface area contributed by atoms with Crippen molar-refractivity contribution in [3.05, 3.63) is 53.3 Å². The standard InChI is InChI=1S/C13H11NO6/c14-12(18)10(13(19)20)11(17)9(16)6-8(15)7-4-2-1-3-5-7/h1-6,15,17H,(H2,14,18)(H,19,20)/b8-6-,11-10?. The lowest BCUT2D eigenvalue weighted by Crippen LogP contribution is -2.24. The summed E-state index contributed by atoms with van der Waals surface area (Å²) in [4.78, 5) is 33.1. The number of carboxylic acids is 1. The van der Waals surface area contributed by atoms with Crippen LogP contribution in [0.5, 0.6) is 0 Å². The van der Waals surface area contributed by atoms with E-state index in [0.717, 1.165) is 0 Å². The quantitative estimate of drug-likeness (QED) is 0.268. The number of carbonyl (C=O) groups excluding carboxylic acids is 2. The number of carbonyl (C=O) groups is 3. The molecule has 20 heavy (non-hydrogen) atoms. The van der Waals surface area contributed by atoms with Gasteiger partial charge in [0.05, 0.1) is 0 Å². The Morgan fingerprint density at radius 2 is 1.55 bits per heavy atom. The maximum absolute atomic E-state index is 11.6. The summed E-state index contributed by atoms with van der Waals surface area (Å²) in [7, 11) is 0. The van der Waals surface area contributed by atoms with Gasteiger partial charge in [0.2, 0.25) is 5.78 Å². The van der Waals surface area contributed by atoms with Crippen molar-refractivity contribution in [3.63, 3.8) is 0 Å². The molecule has 0 aliphatic heterocycles. The molecule has 1 amide bonds. The average molecular weight is 277 g/mol. The Labute approximate surface area is 113 Å². The molecule has 7 nitrogen and oxygen atoms in total. The highest BCUT2D eigenvalue weighted by Crippen LogP contribution is 2.12. The Hall–Kier alpha value is -3.09. The Morgan fingerprint density at radius 3 is 2.00 bits per heavy atom. The van der Waals surface area contributed by atoms with Crippen LogP contribution in [-0.4, -0.2) is 33.0 Å². The molecule has 0 aromatic heterocycles. The lowest BCUT2D eigenvalue weighted by Gasteiger charge is -2.02. The Kier molecular flexibility index (Phi) is 4.63. The van der Waals surface area contributed by atoms with Gasteiger partial charge in [0, 0.05) is 11.6 Å². The maximum atomic E-state index is 11.6. The second-order valence-corrected chi connectivity index (χ2v) is 3.65. The maximum Gasteiger partial charge on any atom is 0.345 e. The van der Waals surface area contributed by atoms with Crippen LogP contribution in [0, 0.1) is 0 Å². The molecule has 1 rings (SSSR count). The van der Waals surface area contributed by atoms with Gasteiger partial charge >= 0.3 is 5.97 Å². The summed E-state index contributed by atoms with van der Waals surface area (Å²) in [5.74, 6) is -6.38. The number of primary amides is 1. The van der Waals surface area contributed by atoms with Gasteiger partial charge in [-0.15, -0.1) is 0 Å². The number of carboxylic acid groups (broad SMARTS) is 1. The van der Waals surface area contributed by atoms with Crippen LogP contribution >= 0.6 is 0 Å². The molecule has 7 heteroatoms. The summed E-state index contributed by atoms with van der Waals surface area (Å²) in [6, 6.07) is 7.88. The minimum absolute atomic E-state index is 0.282. The van der Waals surface area contributed by atoms with Gasteiger partial charge in [0.25, 0.3) is 5.91 Å². The molecule has 0 heterocycles. The molecule has 0 aliphatic carbocycles. The van der Waals surface area contributed by atoms with E-state index in [4.69, 9.17) is 10.8 Å². The fourth-order valence-corrected chi connectivity index (χ4v) is 1.33. The van der Waals surface area contributed by atoms with Crippen LogP contribution in [-0.2, 0) is 14.4 Å². The summed E-state index contributed by atoms with van der Waals surface area (Å²) in [5, 5.41) is 27.7.